The number of aromatic nitrogens is 2. The van der Waals surface area contributed by atoms with Crippen LogP contribution < -0.4 is 5.32 Å². The molecule has 1 aromatic heterocycles. The maximum atomic E-state index is 12.6. The number of aryl methyl sites for hydroxylation is 2. The Balaban J connectivity index is 1.84. The van der Waals surface area contributed by atoms with Crippen LogP contribution in [0.15, 0.2) is 24.4 Å². The number of aliphatic hydroxyl groups is 1. The van der Waals surface area contributed by atoms with E-state index in [0.29, 0.717) is 17.9 Å². The SMILES string of the molecule is Cc1ccc(C)c(-n2ncc(C(=O)NC(CCO)C3CC3)c2C)c1. The third-order valence-electron chi connectivity index (χ3n) is 4.79. The van der Waals surface area contributed by atoms with Crippen molar-refractivity contribution in [2.45, 2.75) is 46.1 Å². The van der Waals surface area contributed by atoms with Gasteiger partial charge in [0.15, 0.2) is 0 Å². The lowest BCUT2D eigenvalue weighted by Crippen LogP contribution is -2.37. The van der Waals surface area contributed by atoms with Gasteiger partial charge < -0.3 is 10.4 Å². The van der Waals surface area contributed by atoms with Gasteiger partial charge >= 0.3 is 0 Å². The Morgan fingerprint density at radius 1 is 1.38 bits per heavy atom. The Hall–Kier alpha value is -2.14. The van der Waals surface area contributed by atoms with Crippen molar-refractivity contribution in [3.63, 3.8) is 0 Å². The molecule has 5 nitrogen and oxygen atoms in total. The van der Waals surface area contributed by atoms with E-state index in [-0.39, 0.29) is 18.6 Å². The average Bonchev–Trinajstić information content (AvgIpc) is 3.32. The third kappa shape index (κ3) is 3.36. The molecular weight excluding hydrogens is 302 g/mol. The van der Waals surface area contributed by atoms with E-state index >= 15 is 0 Å². The van der Waals surface area contributed by atoms with Crippen molar-refractivity contribution in [2.24, 2.45) is 5.92 Å². The standard InChI is InChI=1S/C19H25N3O2/c1-12-4-5-13(2)18(10-12)22-14(3)16(11-20-22)19(24)21-17(8-9-23)15-6-7-15/h4-5,10-11,15,17,23H,6-9H2,1-3H3,(H,21,24). The fourth-order valence-corrected chi connectivity index (χ4v) is 3.13. The van der Waals surface area contributed by atoms with Crippen LogP contribution in [0.25, 0.3) is 5.69 Å². The van der Waals surface area contributed by atoms with Crippen LogP contribution in [0, 0.1) is 26.7 Å². The summed E-state index contributed by atoms with van der Waals surface area (Å²) in [5, 5.41) is 16.7. The van der Waals surface area contributed by atoms with Gasteiger partial charge in [0.05, 0.1) is 23.1 Å². The number of hydrogen-bond donors (Lipinski definition) is 2. The predicted octanol–water partition coefficient (Wildman–Crippen LogP) is 2.69. The topological polar surface area (TPSA) is 67.2 Å². The summed E-state index contributed by atoms with van der Waals surface area (Å²) in [7, 11) is 0. The lowest BCUT2D eigenvalue weighted by atomic mass is 10.1. The maximum absolute atomic E-state index is 12.6. The summed E-state index contributed by atoms with van der Waals surface area (Å²) in [5.41, 5.74) is 4.71. The molecule has 5 heteroatoms. The van der Waals surface area contributed by atoms with Gasteiger partial charge in [0, 0.05) is 12.6 Å². The molecule has 0 saturated heterocycles. The van der Waals surface area contributed by atoms with E-state index in [2.05, 4.69) is 28.6 Å². The highest BCUT2D eigenvalue weighted by molar-refractivity contribution is 5.95. The summed E-state index contributed by atoms with van der Waals surface area (Å²) >= 11 is 0. The first-order chi connectivity index (χ1) is 11.5. The number of nitrogens with zero attached hydrogens (tertiary/aromatic N) is 2. The van der Waals surface area contributed by atoms with Crippen molar-refractivity contribution in [2.75, 3.05) is 6.61 Å². The molecule has 2 aromatic rings. The third-order valence-corrected chi connectivity index (χ3v) is 4.79. The zero-order chi connectivity index (χ0) is 17.3. The number of nitrogens with one attached hydrogen (secondary N) is 1. The van der Waals surface area contributed by atoms with Gasteiger partial charge in [-0.1, -0.05) is 12.1 Å². The predicted molar refractivity (Wildman–Crippen MR) is 93.5 cm³/mol. The molecule has 24 heavy (non-hydrogen) atoms. The second kappa shape index (κ2) is 6.77. The Labute approximate surface area is 142 Å². The van der Waals surface area contributed by atoms with Crippen molar-refractivity contribution >= 4 is 5.91 Å². The number of benzene rings is 1. The van der Waals surface area contributed by atoms with Crippen LogP contribution in [-0.4, -0.2) is 33.4 Å². The molecule has 0 bridgehead atoms. The highest BCUT2D eigenvalue weighted by Gasteiger charge is 2.32. The molecule has 1 saturated carbocycles. The van der Waals surface area contributed by atoms with Gasteiger partial charge in [0.2, 0.25) is 0 Å². The molecule has 0 aliphatic heterocycles. The molecule has 1 aromatic carbocycles. The number of aliphatic hydroxyl groups excluding tert-OH is 1. The minimum absolute atomic E-state index is 0.0611. The zero-order valence-electron chi connectivity index (χ0n) is 14.5. The fraction of sp³-hybridized carbons (Fsp3) is 0.474. The summed E-state index contributed by atoms with van der Waals surface area (Å²) in [6.07, 6.45) is 4.51. The first kappa shape index (κ1) is 16.7. The molecule has 0 spiro atoms. The van der Waals surface area contributed by atoms with E-state index in [9.17, 15) is 9.90 Å². The van der Waals surface area contributed by atoms with E-state index < -0.39 is 0 Å². The summed E-state index contributed by atoms with van der Waals surface area (Å²) in [5.74, 6) is 0.407. The summed E-state index contributed by atoms with van der Waals surface area (Å²) in [4.78, 5) is 12.6. The van der Waals surface area contributed by atoms with Crippen LogP contribution in [0.4, 0.5) is 0 Å². The minimum Gasteiger partial charge on any atom is -0.396 e. The fourth-order valence-electron chi connectivity index (χ4n) is 3.13. The maximum Gasteiger partial charge on any atom is 0.254 e. The van der Waals surface area contributed by atoms with Crippen LogP contribution in [0.2, 0.25) is 0 Å². The molecule has 1 aliphatic rings. The summed E-state index contributed by atoms with van der Waals surface area (Å²) in [6.45, 7) is 6.11. The van der Waals surface area contributed by atoms with E-state index in [1.807, 2.05) is 25.5 Å². The highest BCUT2D eigenvalue weighted by Crippen LogP contribution is 2.34. The second-order valence-electron chi connectivity index (χ2n) is 6.78. The van der Waals surface area contributed by atoms with Crippen LogP contribution in [0.3, 0.4) is 0 Å². The Morgan fingerprint density at radius 3 is 2.79 bits per heavy atom. The lowest BCUT2D eigenvalue weighted by molar-refractivity contribution is 0.0923. The van der Waals surface area contributed by atoms with Crippen LogP contribution >= 0.6 is 0 Å². The molecule has 128 valence electrons. The average molecular weight is 327 g/mol. The van der Waals surface area contributed by atoms with Crippen LogP contribution in [0.5, 0.6) is 0 Å². The van der Waals surface area contributed by atoms with Gasteiger partial charge in [-0.05, 0) is 63.1 Å². The van der Waals surface area contributed by atoms with Gasteiger partial charge in [0.25, 0.3) is 5.91 Å². The molecule has 3 rings (SSSR count). The van der Waals surface area contributed by atoms with Gasteiger partial charge in [-0.2, -0.15) is 5.10 Å². The van der Waals surface area contributed by atoms with Crippen molar-refractivity contribution in [3.8, 4) is 5.69 Å². The Morgan fingerprint density at radius 2 is 2.12 bits per heavy atom. The van der Waals surface area contributed by atoms with Gasteiger partial charge in [-0.3, -0.25) is 4.79 Å². The Bertz CT molecular complexity index is 747. The van der Waals surface area contributed by atoms with Gasteiger partial charge in [-0.25, -0.2) is 4.68 Å². The lowest BCUT2D eigenvalue weighted by Gasteiger charge is -2.17. The number of carbonyl (C=O) groups is 1. The number of hydrogen-bond acceptors (Lipinski definition) is 3. The Kier molecular flexibility index (Phi) is 4.71. The molecule has 1 fully saturated rings. The zero-order valence-corrected chi connectivity index (χ0v) is 14.5. The first-order valence-corrected chi connectivity index (χ1v) is 8.55. The molecular formula is C19H25N3O2. The van der Waals surface area contributed by atoms with Crippen molar-refractivity contribution in [3.05, 3.63) is 46.8 Å². The molecule has 2 N–H and O–H groups in total. The monoisotopic (exact) mass is 327 g/mol. The summed E-state index contributed by atoms with van der Waals surface area (Å²) in [6, 6.07) is 6.28. The second-order valence-corrected chi connectivity index (χ2v) is 6.78. The number of rotatable bonds is 6. The quantitative estimate of drug-likeness (QED) is 0.857. The van der Waals surface area contributed by atoms with Gasteiger partial charge in [-0.15, -0.1) is 0 Å². The van der Waals surface area contributed by atoms with Crippen molar-refractivity contribution in [1.82, 2.24) is 15.1 Å². The van der Waals surface area contributed by atoms with Gasteiger partial charge in [0.1, 0.15) is 0 Å². The molecule has 1 amide bonds. The van der Waals surface area contributed by atoms with E-state index in [0.717, 1.165) is 35.3 Å². The summed E-state index contributed by atoms with van der Waals surface area (Å²) < 4.78 is 1.83. The van der Waals surface area contributed by atoms with E-state index in [4.69, 9.17) is 0 Å². The normalized spacial score (nSPS) is 15.3. The minimum atomic E-state index is -0.102. The van der Waals surface area contributed by atoms with Crippen LogP contribution in [-0.2, 0) is 0 Å². The number of carbonyl (C=O) groups excluding carboxylic acids is 1. The van der Waals surface area contributed by atoms with E-state index in [1.165, 1.54) is 0 Å². The molecule has 1 unspecified atom stereocenters. The molecule has 0 radical (unpaired) electrons. The molecule has 1 atom stereocenters. The van der Waals surface area contributed by atoms with Crippen LogP contribution in [0.1, 0.15) is 46.4 Å². The number of amides is 1. The molecule has 1 aliphatic carbocycles. The largest absolute Gasteiger partial charge is 0.396 e. The van der Waals surface area contributed by atoms with Crippen molar-refractivity contribution in [1.29, 1.82) is 0 Å². The first-order valence-electron chi connectivity index (χ1n) is 8.55. The highest BCUT2D eigenvalue weighted by atomic mass is 16.3. The van der Waals surface area contributed by atoms with E-state index in [1.54, 1.807) is 6.20 Å². The van der Waals surface area contributed by atoms with Crippen molar-refractivity contribution < 1.29 is 9.90 Å². The smallest absolute Gasteiger partial charge is 0.254 e. The molecule has 1 heterocycles.